The van der Waals surface area contributed by atoms with Crippen LogP contribution in [0.25, 0.3) is 0 Å². The highest BCUT2D eigenvalue weighted by Gasteiger charge is 2.35. The predicted molar refractivity (Wildman–Crippen MR) is 140 cm³/mol. The van der Waals surface area contributed by atoms with Crippen molar-refractivity contribution in [3.05, 3.63) is 30.0 Å². The minimum absolute atomic E-state index is 0.0780. The molecule has 2 saturated carbocycles. The van der Waals surface area contributed by atoms with Crippen molar-refractivity contribution in [2.24, 2.45) is 5.92 Å². The van der Waals surface area contributed by atoms with Crippen LogP contribution in [0.15, 0.2) is 24.4 Å². The quantitative estimate of drug-likeness (QED) is 0.621. The zero-order valence-electron chi connectivity index (χ0n) is 21.4. The summed E-state index contributed by atoms with van der Waals surface area (Å²) < 4.78 is 5.60. The Bertz CT molecular complexity index is 1130. The molecule has 0 saturated heterocycles. The summed E-state index contributed by atoms with van der Waals surface area (Å²) in [6.45, 7) is 2.62. The number of rotatable bonds is 6. The van der Waals surface area contributed by atoms with Gasteiger partial charge in [0.25, 0.3) is 5.91 Å². The number of benzene rings is 1. The molecule has 2 aliphatic carbocycles. The molecular formula is C27H36N6O3. The fourth-order valence-electron chi connectivity index (χ4n) is 5.72. The molecule has 192 valence electrons. The van der Waals surface area contributed by atoms with E-state index < -0.39 is 0 Å². The number of amides is 2. The molecule has 0 bridgehead atoms. The van der Waals surface area contributed by atoms with Crippen LogP contribution in [-0.4, -0.2) is 54.6 Å². The van der Waals surface area contributed by atoms with Crippen molar-refractivity contribution in [2.75, 3.05) is 35.8 Å². The van der Waals surface area contributed by atoms with Crippen LogP contribution < -0.4 is 25.2 Å². The van der Waals surface area contributed by atoms with Gasteiger partial charge in [-0.3, -0.25) is 9.59 Å². The third-order valence-electron chi connectivity index (χ3n) is 7.77. The van der Waals surface area contributed by atoms with Crippen LogP contribution in [0.2, 0.25) is 0 Å². The van der Waals surface area contributed by atoms with Crippen molar-refractivity contribution in [1.82, 2.24) is 15.3 Å². The van der Waals surface area contributed by atoms with E-state index in [0.29, 0.717) is 35.5 Å². The lowest BCUT2D eigenvalue weighted by Gasteiger charge is -2.31. The average Bonchev–Trinajstić information content (AvgIpc) is 3.60. The molecule has 1 atom stereocenters. The van der Waals surface area contributed by atoms with Gasteiger partial charge in [-0.1, -0.05) is 32.6 Å². The maximum Gasteiger partial charge on any atom is 0.251 e. The predicted octanol–water partition coefficient (Wildman–Crippen LogP) is 4.26. The van der Waals surface area contributed by atoms with Crippen molar-refractivity contribution in [1.29, 1.82) is 0 Å². The molecule has 3 aliphatic rings. The first-order valence-electron chi connectivity index (χ1n) is 13.1. The third kappa shape index (κ3) is 4.83. The van der Waals surface area contributed by atoms with Gasteiger partial charge in [-0.25, -0.2) is 4.98 Å². The molecule has 9 heteroatoms. The highest BCUT2D eigenvalue weighted by atomic mass is 16.5. The van der Waals surface area contributed by atoms with E-state index in [-0.39, 0.29) is 23.8 Å². The van der Waals surface area contributed by atoms with E-state index in [2.05, 4.69) is 20.5 Å². The molecule has 2 aromatic rings. The van der Waals surface area contributed by atoms with Gasteiger partial charge in [0.2, 0.25) is 11.9 Å². The fourth-order valence-corrected chi connectivity index (χ4v) is 5.72. The smallest absolute Gasteiger partial charge is 0.251 e. The normalized spacial score (nSPS) is 20.9. The van der Waals surface area contributed by atoms with E-state index in [1.807, 2.05) is 13.0 Å². The van der Waals surface area contributed by atoms with Gasteiger partial charge in [0.15, 0.2) is 5.82 Å². The summed E-state index contributed by atoms with van der Waals surface area (Å²) in [5, 5.41) is 6.39. The molecule has 1 aromatic heterocycles. The summed E-state index contributed by atoms with van der Waals surface area (Å²) in [4.78, 5) is 39.0. The van der Waals surface area contributed by atoms with Crippen molar-refractivity contribution in [3.8, 4) is 5.75 Å². The molecule has 2 amide bonds. The van der Waals surface area contributed by atoms with Gasteiger partial charge in [0.1, 0.15) is 11.4 Å². The zero-order valence-corrected chi connectivity index (χ0v) is 21.4. The Labute approximate surface area is 212 Å². The Morgan fingerprint density at radius 1 is 1.11 bits per heavy atom. The molecule has 2 heterocycles. The molecular weight excluding hydrogens is 456 g/mol. The first kappa shape index (κ1) is 24.3. The third-order valence-corrected chi connectivity index (χ3v) is 7.77. The molecule has 9 nitrogen and oxygen atoms in total. The van der Waals surface area contributed by atoms with Gasteiger partial charge >= 0.3 is 0 Å². The molecule has 1 aromatic carbocycles. The number of hydrogen-bond acceptors (Lipinski definition) is 7. The van der Waals surface area contributed by atoms with Crippen molar-refractivity contribution in [3.63, 3.8) is 0 Å². The minimum Gasteiger partial charge on any atom is -0.495 e. The standard InChI is InChI=1S/C27H36N6O3/c1-17-16-33(20-10-6-7-11-20)24-22(32(2)26(17)35)15-28-27(31-24)30-21-13-12-18(14-23(21)36-3)25(34)29-19-8-4-5-9-19/h12-15,17,19-20H,4-11,16H2,1-3H3,(H,29,34)(H,28,30,31). The van der Waals surface area contributed by atoms with E-state index in [1.165, 1.54) is 25.7 Å². The van der Waals surface area contributed by atoms with Crippen LogP contribution in [0, 0.1) is 5.92 Å². The van der Waals surface area contributed by atoms with E-state index in [4.69, 9.17) is 9.72 Å². The van der Waals surface area contributed by atoms with Crippen LogP contribution in [-0.2, 0) is 4.79 Å². The summed E-state index contributed by atoms with van der Waals surface area (Å²) in [7, 11) is 3.38. The maximum atomic E-state index is 12.9. The molecule has 0 radical (unpaired) electrons. The topological polar surface area (TPSA) is 99.7 Å². The number of methoxy groups -OCH3 is 1. The molecule has 1 unspecified atom stereocenters. The average molecular weight is 493 g/mol. The Morgan fingerprint density at radius 2 is 1.83 bits per heavy atom. The van der Waals surface area contributed by atoms with E-state index in [1.54, 1.807) is 37.4 Å². The highest BCUT2D eigenvalue weighted by Crippen LogP contribution is 2.38. The van der Waals surface area contributed by atoms with Crippen molar-refractivity contribution in [2.45, 2.75) is 70.4 Å². The lowest BCUT2D eigenvalue weighted by molar-refractivity contribution is -0.121. The second kappa shape index (κ2) is 10.3. The zero-order chi connectivity index (χ0) is 25.2. The highest BCUT2D eigenvalue weighted by molar-refractivity contribution is 5.99. The van der Waals surface area contributed by atoms with Crippen molar-refractivity contribution >= 4 is 35.0 Å². The van der Waals surface area contributed by atoms with Crippen molar-refractivity contribution < 1.29 is 14.3 Å². The van der Waals surface area contributed by atoms with Gasteiger partial charge in [-0.2, -0.15) is 4.98 Å². The second-order valence-corrected chi connectivity index (χ2v) is 10.3. The Balaban J connectivity index is 1.41. The van der Waals surface area contributed by atoms with Gasteiger partial charge in [0, 0.05) is 31.2 Å². The van der Waals surface area contributed by atoms with E-state index in [0.717, 1.165) is 37.2 Å². The second-order valence-electron chi connectivity index (χ2n) is 10.3. The summed E-state index contributed by atoms with van der Waals surface area (Å²) in [6, 6.07) is 5.99. The van der Waals surface area contributed by atoms with E-state index in [9.17, 15) is 9.59 Å². The Morgan fingerprint density at radius 3 is 2.56 bits per heavy atom. The molecule has 0 spiro atoms. The first-order valence-corrected chi connectivity index (χ1v) is 13.1. The number of ether oxygens (including phenoxy) is 1. The SMILES string of the molecule is COc1cc(C(=O)NC2CCCC2)ccc1Nc1ncc2c(n1)N(C1CCCC1)CC(C)C(=O)N2C. The Kier molecular flexibility index (Phi) is 6.98. The van der Waals surface area contributed by atoms with Gasteiger partial charge in [-0.15, -0.1) is 0 Å². The van der Waals surface area contributed by atoms with Crippen LogP contribution in [0.4, 0.5) is 23.1 Å². The molecule has 1 aliphatic heterocycles. The molecule has 5 rings (SSSR count). The van der Waals surface area contributed by atoms with Gasteiger partial charge < -0.3 is 25.2 Å². The first-order chi connectivity index (χ1) is 17.4. The van der Waals surface area contributed by atoms with E-state index >= 15 is 0 Å². The lowest BCUT2D eigenvalue weighted by Crippen LogP contribution is -2.38. The summed E-state index contributed by atoms with van der Waals surface area (Å²) in [6.07, 6.45) is 10.7. The maximum absolute atomic E-state index is 12.9. The summed E-state index contributed by atoms with van der Waals surface area (Å²) >= 11 is 0. The summed E-state index contributed by atoms with van der Waals surface area (Å²) in [5.41, 5.74) is 1.97. The number of carbonyl (C=O) groups excluding carboxylic acids is 2. The number of fused-ring (bicyclic) bond motifs is 1. The fraction of sp³-hybridized carbons (Fsp3) is 0.556. The number of aromatic nitrogens is 2. The Hall–Kier alpha value is -3.36. The lowest BCUT2D eigenvalue weighted by atomic mass is 10.1. The van der Waals surface area contributed by atoms with Gasteiger partial charge in [0.05, 0.1) is 24.9 Å². The minimum atomic E-state index is -0.121. The monoisotopic (exact) mass is 492 g/mol. The molecule has 36 heavy (non-hydrogen) atoms. The number of hydrogen-bond donors (Lipinski definition) is 2. The van der Waals surface area contributed by atoms with Crippen LogP contribution in [0.5, 0.6) is 5.75 Å². The van der Waals surface area contributed by atoms with Gasteiger partial charge in [-0.05, 0) is 43.9 Å². The number of nitrogens with zero attached hydrogens (tertiary/aromatic N) is 4. The number of carbonyl (C=O) groups is 2. The number of nitrogens with one attached hydrogen (secondary N) is 2. The summed E-state index contributed by atoms with van der Waals surface area (Å²) in [5.74, 6) is 1.63. The van der Waals surface area contributed by atoms with Crippen LogP contribution in [0.3, 0.4) is 0 Å². The van der Waals surface area contributed by atoms with Crippen LogP contribution >= 0.6 is 0 Å². The molecule has 2 N–H and O–H groups in total. The number of anilines is 4. The molecule has 2 fully saturated rings. The largest absolute Gasteiger partial charge is 0.495 e. The van der Waals surface area contributed by atoms with Crippen LogP contribution in [0.1, 0.15) is 68.6 Å².